The van der Waals surface area contributed by atoms with Gasteiger partial charge in [0.2, 0.25) is 0 Å². The van der Waals surface area contributed by atoms with Crippen LogP contribution in [-0.4, -0.2) is 66.8 Å². The highest BCUT2D eigenvalue weighted by Gasteiger charge is 2.39. The van der Waals surface area contributed by atoms with Gasteiger partial charge >= 0.3 is 0 Å². The lowest BCUT2D eigenvalue weighted by atomic mass is 10.0. The average Bonchev–Trinajstić information content (AvgIpc) is 2.80. The predicted molar refractivity (Wildman–Crippen MR) is 117 cm³/mol. The first-order valence-electron chi connectivity index (χ1n) is 10.1. The fourth-order valence-corrected chi connectivity index (χ4v) is 3.78. The van der Waals surface area contributed by atoms with E-state index in [0.29, 0.717) is 5.56 Å². The van der Waals surface area contributed by atoms with Crippen LogP contribution in [0, 0.1) is 0 Å². The van der Waals surface area contributed by atoms with Gasteiger partial charge in [-0.25, -0.2) is 0 Å². The Morgan fingerprint density at radius 1 is 1.10 bits per heavy atom. The van der Waals surface area contributed by atoms with Gasteiger partial charge in [-0.15, -0.1) is 0 Å². The number of hydrogen-bond acceptors (Lipinski definition) is 6. The molecular formula is C23H27N5O2. The third-order valence-electron chi connectivity index (χ3n) is 5.60. The average molecular weight is 406 g/mol. The maximum Gasteiger partial charge on any atom is 0.254 e. The van der Waals surface area contributed by atoms with Crippen LogP contribution in [0.15, 0.2) is 67.1 Å². The number of hydrogen-bond donors (Lipinski definition) is 2. The molecule has 2 aromatic rings. The highest BCUT2D eigenvalue weighted by atomic mass is 16.5. The van der Waals surface area contributed by atoms with Crippen molar-refractivity contribution in [2.75, 3.05) is 40.3 Å². The molecule has 1 aromatic heterocycles. The second kappa shape index (κ2) is 8.69. The Balaban J connectivity index is 1.66. The van der Waals surface area contributed by atoms with Crippen LogP contribution < -0.4 is 15.4 Å². The van der Waals surface area contributed by atoms with Crippen LogP contribution >= 0.6 is 0 Å². The SMILES string of the molecule is COc1ccc(C(=O)NC2(N3CCN(C)CC3)C=C(c3ccncc3)C=CN2)cc1. The van der Waals surface area contributed by atoms with Gasteiger partial charge in [-0.2, -0.15) is 0 Å². The molecule has 1 amide bonds. The second-order valence-corrected chi connectivity index (χ2v) is 7.55. The minimum atomic E-state index is -0.814. The monoisotopic (exact) mass is 405 g/mol. The zero-order valence-corrected chi connectivity index (χ0v) is 17.3. The maximum atomic E-state index is 13.2. The normalized spacial score (nSPS) is 22.1. The summed E-state index contributed by atoms with van der Waals surface area (Å²) in [6.45, 7) is 3.54. The number of carbonyl (C=O) groups is 1. The smallest absolute Gasteiger partial charge is 0.254 e. The topological polar surface area (TPSA) is 69.7 Å². The lowest BCUT2D eigenvalue weighted by Crippen LogP contribution is -2.70. The molecule has 1 aromatic carbocycles. The quantitative estimate of drug-likeness (QED) is 0.792. The van der Waals surface area contributed by atoms with E-state index in [9.17, 15) is 4.79 Å². The Labute approximate surface area is 177 Å². The molecule has 7 nitrogen and oxygen atoms in total. The number of carbonyl (C=O) groups excluding carboxylic acids is 1. The van der Waals surface area contributed by atoms with Crippen molar-refractivity contribution in [1.29, 1.82) is 0 Å². The molecule has 2 N–H and O–H groups in total. The molecule has 1 saturated heterocycles. The first kappa shape index (κ1) is 20.1. The Morgan fingerprint density at radius 3 is 2.47 bits per heavy atom. The summed E-state index contributed by atoms with van der Waals surface area (Å²) in [5.41, 5.74) is 2.67. The number of aromatic nitrogens is 1. The van der Waals surface area contributed by atoms with Gasteiger partial charge in [0, 0.05) is 50.3 Å². The molecule has 2 aliphatic heterocycles. The summed E-state index contributed by atoms with van der Waals surface area (Å²) < 4.78 is 5.21. The standard InChI is InChI=1S/C23H27N5O2/c1-27-13-15-28(16-14-27)23(26-22(29)19-3-5-21(30-2)6-4-19)17-20(9-12-25-23)18-7-10-24-11-8-18/h3-12,17,25H,13-16H2,1-2H3,(H,26,29). The minimum absolute atomic E-state index is 0.148. The Kier molecular flexibility index (Phi) is 5.83. The van der Waals surface area contributed by atoms with E-state index >= 15 is 0 Å². The molecule has 7 heteroatoms. The molecule has 4 rings (SSSR count). The molecule has 0 aliphatic carbocycles. The number of amides is 1. The van der Waals surface area contributed by atoms with E-state index in [0.717, 1.165) is 43.1 Å². The number of rotatable bonds is 5. The Bertz CT molecular complexity index is 934. The second-order valence-electron chi connectivity index (χ2n) is 7.55. The molecule has 1 fully saturated rings. The van der Waals surface area contributed by atoms with Gasteiger partial charge in [0.15, 0.2) is 5.79 Å². The van der Waals surface area contributed by atoms with Crippen molar-refractivity contribution in [2.45, 2.75) is 5.79 Å². The van der Waals surface area contributed by atoms with Crippen molar-refractivity contribution in [1.82, 2.24) is 25.4 Å². The van der Waals surface area contributed by atoms with Crippen LogP contribution in [0.1, 0.15) is 15.9 Å². The van der Waals surface area contributed by atoms with Crippen LogP contribution in [0.3, 0.4) is 0 Å². The van der Waals surface area contributed by atoms with Crippen molar-refractivity contribution < 1.29 is 9.53 Å². The molecule has 0 bridgehead atoms. The fourth-order valence-electron chi connectivity index (χ4n) is 3.78. The number of likely N-dealkylation sites (N-methyl/N-ethyl adjacent to an activating group) is 1. The van der Waals surface area contributed by atoms with E-state index in [1.165, 1.54) is 0 Å². The summed E-state index contributed by atoms with van der Waals surface area (Å²) in [6, 6.07) is 11.1. The van der Waals surface area contributed by atoms with Crippen LogP contribution in [0.2, 0.25) is 0 Å². The molecule has 0 radical (unpaired) electrons. The summed E-state index contributed by atoms with van der Waals surface area (Å²) in [5, 5.41) is 6.66. The van der Waals surface area contributed by atoms with Crippen LogP contribution in [-0.2, 0) is 0 Å². The van der Waals surface area contributed by atoms with Gasteiger partial charge in [-0.1, -0.05) is 0 Å². The first-order chi connectivity index (χ1) is 14.6. The van der Waals surface area contributed by atoms with Gasteiger partial charge in [0.05, 0.1) is 7.11 Å². The van der Waals surface area contributed by atoms with Gasteiger partial charge in [-0.05, 0) is 66.7 Å². The maximum absolute atomic E-state index is 13.2. The van der Waals surface area contributed by atoms with E-state index in [-0.39, 0.29) is 5.91 Å². The predicted octanol–water partition coefficient (Wildman–Crippen LogP) is 1.92. The highest BCUT2D eigenvalue weighted by Crippen LogP contribution is 2.26. The van der Waals surface area contributed by atoms with E-state index in [1.54, 1.807) is 43.8 Å². The number of dihydropyridines is 1. The minimum Gasteiger partial charge on any atom is -0.497 e. The molecule has 1 unspecified atom stereocenters. The largest absolute Gasteiger partial charge is 0.497 e. The van der Waals surface area contributed by atoms with Crippen molar-refractivity contribution in [3.05, 3.63) is 78.3 Å². The van der Waals surface area contributed by atoms with Crippen LogP contribution in [0.4, 0.5) is 0 Å². The number of methoxy groups -OCH3 is 1. The van der Waals surface area contributed by atoms with E-state index < -0.39 is 5.79 Å². The molecule has 0 saturated carbocycles. The zero-order valence-electron chi connectivity index (χ0n) is 17.3. The van der Waals surface area contributed by atoms with Crippen molar-refractivity contribution in [2.24, 2.45) is 0 Å². The molecule has 0 spiro atoms. The Morgan fingerprint density at radius 2 is 1.80 bits per heavy atom. The molecule has 30 heavy (non-hydrogen) atoms. The Hall–Kier alpha value is -3.16. The van der Waals surface area contributed by atoms with Gasteiger partial charge in [0.1, 0.15) is 5.75 Å². The summed E-state index contributed by atoms with van der Waals surface area (Å²) in [4.78, 5) is 21.9. The van der Waals surface area contributed by atoms with E-state index in [1.807, 2.05) is 24.4 Å². The highest BCUT2D eigenvalue weighted by molar-refractivity contribution is 5.95. The van der Waals surface area contributed by atoms with E-state index in [4.69, 9.17) is 4.74 Å². The number of benzene rings is 1. The molecule has 3 heterocycles. The number of nitrogens with zero attached hydrogens (tertiary/aromatic N) is 3. The number of pyridine rings is 1. The lowest BCUT2D eigenvalue weighted by Gasteiger charge is -2.47. The van der Waals surface area contributed by atoms with Crippen LogP contribution in [0.5, 0.6) is 5.75 Å². The summed E-state index contributed by atoms with van der Waals surface area (Å²) in [7, 11) is 3.73. The number of piperazine rings is 1. The number of nitrogens with one attached hydrogen (secondary N) is 2. The van der Waals surface area contributed by atoms with E-state index in [2.05, 4.69) is 38.5 Å². The number of ether oxygens (including phenoxy) is 1. The van der Waals surface area contributed by atoms with Gasteiger partial charge in [0.25, 0.3) is 5.91 Å². The first-order valence-corrected chi connectivity index (χ1v) is 10.1. The number of allylic oxidation sites excluding steroid dienone is 2. The van der Waals surface area contributed by atoms with Crippen molar-refractivity contribution in [3.63, 3.8) is 0 Å². The van der Waals surface area contributed by atoms with Crippen molar-refractivity contribution >= 4 is 11.5 Å². The van der Waals surface area contributed by atoms with Gasteiger partial charge in [-0.3, -0.25) is 14.7 Å². The summed E-state index contributed by atoms with van der Waals surface area (Å²) in [6.07, 6.45) is 9.57. The molecule has 156 valence electrons. The van der Waals surface area contributed by atoms with Crippen LogP contribution in [0.25, 0.3) is 5.57 Å². The van der Waals surface area contributed by atoms with Crippen molar-refractivity contribution in [3.8, 4) is 5.75 Å². The summed E-state index contributed by atoms with van der Waals surface area (Å²) >= 11 is 0. The lowest BCUT2D eigenvalue weighted by molar-refractivity contribution is 0.0305. The molecule has 2 aliphatic rings. The third kappa shape index (κ3) is 4.22. The zero-order chi connectivity index (χ0) is 21.0. The van der Waals surface area contributed by atoms with Gasteiger partial charge < -0.3 is 20.3 Å². The molecule has 1 atom stereocenters. The third-order valence-corrected chi connectivity index (χ3v) is 5.60. The molecular weight excluding hydrogens is 378 g/mol. The fraction of sp³-hybridized carbons (Fsp3) is 0.304. The summed E-state index contributed by atoms with van der Waals surface area (Å²) in [5.74, 6) is -0.241.